The Morgan fingerprint density at radius 3 is 2.15 bits per heavy atom. The van der Waals surface area contributed by atoms with Crippen molar-refractivity contribution in [3.63, 3.8) is 0 Å². The van der Waals surface area contributed by atoms with Gasteiger partial charge in [-0.05, 0) is 54.0 Å². The third kappa shape index (κ3) is 4.55. The van der Waals surface area contributed by atoms with Gasteiger partial charge in [0, 0.05) is 0 Å². The number of rotatable bonds is 5. The van der Waals surface area contributed by atoms with Crippen molar-refractivity contribution < 1.29 is 0 Å². The summed E-state index contributed by atoms with van der Waals surface area (Å²) in [6, 6.07) is 4.45. The Bertz CT molecular complexity index is 637. The van der Waals surface area contributed by atoms with E-state index in [1.54, 1.807) is 0 Å². The first-order valence-corrected chi connectivity index (χ1v) is 7.15. The van der Waals surface area contributed by atoms with Crippen LogP contribution >= 0.6 is 0 Å². The first kappa shape index (κ1) is 16.0. The molecule has 0 bridgehead atoms. The molecule has 0 aliphatic heterocycles. The normalized spacial score (nSPS) is 14.2. The second-order valence-corrected chi connectivity index (χ2v) is 4.52. The molecule has 1 rings (SSSR count). The highest BCUT2D eigenvalue weighted by Gasteiger charge is 1.97. The van der Waals surface area contributed by atoms with E-state index in [9.17, 15) is 0 Å². The van der Waals surface area contributed by atoms with E-state index in [2.05, 4.69) is 68.2 Å². The molecule has 0 saturated heterocycles. The Hall–Kier alpha value is -2.08. The molecule has 0 N–H and O–H groups in total. The first-order valence-electron chi connectivity index (χ1n) is 7.15. The van der Waals surface area contributed by atoms with Gasteiger partial charge in [0.05, 0.1) is 0 Å². The number of benzene rings is 1. The molecule has 0 atom stereocenters. The average molecular weight is 264 g/mol. The van der Waals surface area contributed by atoms with Gasteiger partial charge in [-0.25, -0.2) is 0 Å². The largest absolute Gasteiger partial charge is 0.0990 e. The summed E-state index contributed by atoms with van der Waals surface area (Å²) >= 11 is 0. The van der Waals surface area contributed by atoms with Crippen LogP contribution in [0, 0.1) is 0 Å². The summed E-state index contributed by atoms with van der Waals surface area (Å²) in [6.07, 6.45) is 19.8. The van der Waals surface area contributed by atoms with Crippen LogP contribution in [0.5, 0.6) is 0 Å². The predicted molar refractivity (Wildman–Crippen MR) is 93.7 cm³/mol. The molecule has 0 nitrogen and oxygen atoms in total. The SMILES string of the molecule is C=C/C=c1/cc(/C=C\C)c(/C=C\CC)c/c1=C/C=C\C. The lowest BCUT2D eigenvalue weighted by molar-refractivity contribution is 1.23. The molecule has 0 aliphatic rings. The summed E-state index contributed by atoms with van der Waals surface area (Å²) in [5.41, 5.74) is 2.49. The monoisotopic (exact) mass is 264 g/mol. The molecular weight excluding hydrogens is 240 g/mol. The smallest absolute Gasteiger partial charge is 0.0178 e. The van der Waals surface area contributed by atoms with Crippen molar-refractivity contribution in [1.82, 2.24) is 0 Å². The van der Waals surface area contributed by atoms with Crippen molar-refractivity contribution in [2.24, 2.45) is 0 Å². The topological polar surface area (TPSA) is 0 Å². The van der Waals surface area contributed by atoms with Gasteiger partial charge >= 0.3 is 0 Å². The van der Waals surface area contributed by atoms with E-state index in [4.69, 9.17) is 0 Å². The standard InChI is InChI=1S/C20H24/c1-5-9-13-19-16-20(14-10-6-2)18(12-8-4)15-17(19)11-7-3/h5,7-16H,3,6H2,1-2,4H3/b9-5-,12-8-,14-10-,17-11-,19-13-. The van der Waals surface area contributed by atoms with Crippen molar-refractivity contribution in [1.29, 1.82) is 0 Å². The van der Waals surface area contributed by atoms with Gasteiger partial charge in [-0.3, -0.25) is 0 Å². The Morgan fingerprint density at radius 2 is 1.60 bits per heavy atom. The van der Waals surface area contributed by atoms with Gasteiger partial charge in [-0.1, -0.05) is 68.2 Å². The molecule has 0 fully saturated rings. The van der Waals surface area contributed by atoms with E-state index in [-0.39, 0.29) is 0 Å². The minimum absolute atomic E-state index is 1.05. The first-order chi connectivity index (χ1) is 9.76. The predicted octanol–water partition coefficient (Wildman–Crippen LogP) is 4.47. The molecule has 0 aromatic heterocycles. The summed E-state index contributed by atoms with van der Waals surface area (Å²) in [5, 5.41) is 2.41. The average Bonchev–Trinajstić information content (AvgIpc) is 2.45. The number of hydrogen-bond donors (Lipinski definition) is 0. The highest BCUT2D eigenvalue weighted by molar-refractivity contribution is 5.66. The lowest BCUT2D eigenvalue weighted by Crippen LogP contribution is -2.25. The highest BCUT2D eigenvalue weighted by atomic mass is 14.0. The molecular formula is C20H24. The Labute approximate surface area is 122 Å². The van der Waals surface area contributed by atoms with Crippen LogP contribution in [0.4, 0.5) is 0 Å². The van der Waals surface area contributed by atoms with Crippen molar-refractivity contribution >= 4 is 24.3 Å². The minimum atomic E-state index is 1.05. The molecule has 20 heavy (non-hydrogen) atoms. The van der Waals surface area contributed by atoms with Gasteiger partial charge in [0.2, 0.25) is 0 Å². The van der Waals surface area contributed by atoms with Gasteiger partial charge in [-0.2, -0.15) is 0 Å². The van der Waals surface area contributed by atoms with E-state index in [1.165, 1.54) is 21.6 Å². The maximum Gasteiger partial charge on any atom is -0.0178 e. The van der Waals surface area contributed by atoms with Crippen LogP contribution in [-0.4, -0.2) is 0 Å². The Kier molecular flexibility index (Phi) is 7.13. The van der Waals surface area contributed by atoms with Crippen LogP contribution in [0.1, 0.15) is 38.3 Å². The zero-order valence-corrected chi connectivity index (χ0v) is 12.8. The molecule has 0 spiro atoms. The van der Waals surface area contributed by atoms with Crippen molar-refractivity contribution in [3.05, 3.63) is 70.7 Å². The Morgan fingerprint density at radius 1 is 0.950 bits per heavy atom. The second kappa shape index (κ2) is 8.92. The Balaban J connectivity index is 3.64. The molecule has 0 unspecified atom stereocenters. The van der Waals surface area contributed by atoms with Crippen LogP contribution in [-0.2, 0) is 0 Å². The van der Waals surface area contributed by atoms with E-state index in [0.29, 0.717) is 0 Å². The summed E-state index contributed by atoms with van der Waals surface area (Å²) in [4.78, 5) is 0. The summed E-state index contributed by atoms with van der Waals surface area (Å²) in [7, 11) is 0. The maximum absolute atomic E-state index is 3.81. The molecule has 0 saturated carbocycles. The van der Waals surface area contributed by atoms with Gasteiger partial charge < -0.3 is 0 Å². The third-order valence-electron chi connectivity index (χ3n) is 2.93. The van der Waals surface area contributed by atoms with Crippen molar-refractivity contribution in [2.75, 3.05) is 0 Å². The van der Waals surface area contributed by atoms with E-state index in [1.807, 2.05) is 26.0 Å². The quantitative estimate of drug-likeness (QED) is 0.736. The minimum Gasteiger partial charge on any atom is -0.0990 e. The third-order valence-corrected chi connectivity index (χ3v) is 2.93. The molecule has 0 heteroatoms. The lowest BCUT2D eigenvalue weighted by Gasteiger charge is -2.03. The van der Waals surface area contributed by atoms with Crippen LogP contribution in [0.15, 0.2) is 49.1 Å². The summed E-state index contributed by atoms with van der Waals surface area (Å²) in [6.45, 7) is 10.0. The highest BCUT2D eigenvalue weighted by Crippen LogP contribution is 2.09. The zero-order chi connectivity index (χ0) is 14.8. The molecule has 1 aromatic carbocycles. The van der Waals surface area contributed by atoms with Crippen LogP contribution in [0.3, 0.4) is 0 Å². The fourth-order valence-corrected chi connectivity index (χ4v) is 2.00. The van der Waals surface area contributed by atoms with E-state index >= 15 is 0 Å². The molecule has 1 aromatic rings. The molecule has 0 heterocycles. The van der Waals surface area contributed by atoms with Crippen LogP contribution < -0.4 is 10.4 Å². The zero-order valence-electron chi connectivity index (χ0n) is 12.8. The van der Waals surface area contributed by atoms with Crippen LogP contribution in [0.25, 0.3) is 24.3 Å². The van der Waals surface area contributed by atoms with E-state index in [0.717, 1.165) is 6.42 Å². The fourth-order valence-electron chi connectivity index (χ4n) is 2.00. The van der Waals surface area contributed by atoms with Gasteiger partial charge in [0.15, 0.2) is 0 Å². The molecule has 0 radical (unpaired) electrons. The lowest BCUT2D eigenvalue weighted by atomic mass is 10.0. The van der Waals surface area contributed by atoms with Gasteiger partial charge in [-0.15, -0.1) is 0 Å². The van der Waals surface area contributed by atoms with E-state index < -0.39 is 0 Å². The van der Waals surface area contributed by atoms with Gasteiger partial charge in [0.1, 0.15) is 0 Å². The molecule has 0 amide bonds. The molecule has 0 aliphatic carbocycles. The summed E-state index contributed by atoms with van der Waals surface area (Å²) in [5.74, 6) is 0. The second-order valence-electron chi connectivity index (χ2n) is 4.52. The fraction of sp³-hybridized carbons (Fsp3) is 0.200. The van der Waals surface area contributed by atoms with Gasteiger partial charge in [0.25, 0.3) is 0 Å². The maximum atomic E-state index is 3.81. The molecule has 104 valence electrons. The van der Waals surface area contributed by atoms with Crippen molar-refractivity contribution in [3.8, 4) is 0 Å². The van der Waals surface area contributed by atoms with Crippen molar-refractivity contribution in [2.45, 2.75) is 27.2 Å². The van der Waals surface area contributed by atoms with Crippen LogP contribution in [0.2, 0.25) is 0 Å². The number of allylic oxidation sites excluding steroid dienone is 5. The summed E-state index contributed by atoms with van der Waals surface area (Å²) < 4.78 is 0. The number of hydrogen-bond acceptors (Lipinski definition) is 0.